The summed E-state index contributed by atoms with van der Waals surface area (Å²) in [5.74, 6) is 1.72. The molecular formula is C16H20N2OS. The van der Waals surface area contributed by atoms with Gasteiger partial charge in [-0.2, -0.15) is 0 Å². The van der Waals surface area contributed by atoms with Crippen LogP contribution in [0, 0.1) is 0 Å². The van der Waals surface area contributed by atoms with Crippen molar-refractivity contribution in [3.63, 3.8) is 0 Å². The number of para-hydroxylation sites is 1. The molecule has 0 saturated carbocycles. The fourth-order valence-corrected chi connectivity index (χ4v) is 4.54. The molecule has 0 spiro atoms. The van der Waals surface area contributed by atoms with E-state index in [9.17, 15) is 4.79 Å². The molecule has 0 fully saturated rings. The monoisotopic (exact) mass is 288 g/mol. The zero-order chi connectivity index (χ0) is 14.3. The van der Waals surface area contributed by atoms with Gasteiger partial charge in [0.25, 0.3) is 0 Å². The van der Waals surface area contributed by atoms with Crippen LogP contribution < -0.4 is 0 Å². The van der Waals surface area contributed by atoms with E-state index in [1.807, 2.05) is 22.4 Å². The highest BCUT2D eigenvalue weighted by Crippen LogP contribution is 2.43. The molecule has 1 atom stereocenters. The normalized spacial score (nSPS) is 18.5. The predicted octanol–water partition coefficient (Wildman–Crippen LogP) is 3.44. The third-order valence-corrected chi connectivity index (χ3v) is 5.00. The lowest BCUT2D eigenvalue weighted by atomic mass is 9.95. The summed E-state index contributed by atoms with van der Waals surface area (Å²) in [5.41, 5.74) is 2.43. The first-order valence-electron chi connectivity index (χ1n) is 7.01. The minimum Gasteiger partial charge on any atom is -0.309 e. The fourth-order valence-electron chi connectivity index (χ4n) is 3.16. The molecule has 2 aromatic rings. The summed E-state index contributed by atoms with van der Waals surface area (Å²) >= 11 is 1.82. The zero-order valence-electron chi connectivity index (χ0n) is 12.2. The SMILES string of the molecule is CC(=O)n1c2c(c3ccccc31)C(CN(C)C)CCS2. The Morgan fingerprint density at radius 1 is 1.40 bits per heavy atom. The number of aromatic nitrogens is 1. The minimum absolute atomic E-state index is 0.112. The second-order valence-electron chi connectivity index (χ2n) is 5.69. The van der Waals surface area contributed by atoms with Gasteiger partial charge in [-0.1, -0.05) is 18.2 Å². The Morgan fingerprint density at radius 3 is 2.85 bits per heavy atom. The number of hydrogen-bond acceptors (Lipinski definition) is 3. The van der Waals surface area contributed by atoms with Crippen LogP contribution in [0.3, 0.4) is 0 Å². The van der Waals surface area contributed by atoms with Gasteiger partial charge in [0.05, 0.1) is 10.5 Å². The van der Waals surface area contributed by atoms with Crippen LogP contribution in [-0.2, 0) is 0 Å². The number of carbonyl (C=O) groups is 1. The topological polar surface area (TPSA) is 25.2 Å². The summed E-state index contributed by atoms with van der Waals surface area (Å²) in [4.78, 5) is 14.3. The summed E-state index contributed by atoms with van der Waals surface area (Å²) in [6.45, 7) is 2.70. The van der Waals surface area contributed by atoms with E-state index in [2.05, 4.69) is 37.2 Å². The van der Waals surface area contributed by atoms with Gasteiger partial charge in [-0.25, -0.2) is 0 Å². The van der Waals surface area contributed by atoms with Crippen molar-refractivity contribution in [3.8, 4) is 0 Å². The van der Waals surface area contributed by atoms with E-state index < -0.39 is 0 Å². The van der Waals surface area contributed by atoms with Gasteiger partial charge in [0.2, 0.25) is 5.91 Å². The zero-order valence-corrected chi connectivity index (χ0v) is 13.0. The summed E-state index contributed by atoms with van der Waals surface area (Å²) in [6, 6.07) is 8.29. The Bertz CT molecular complexity index is 660. The van der Waals surface area contributed by atoms with Crippen LogP contribution in [0.1, 0.15) is 29.6 Å². The van der Waals surface area contributed by atoms with Crippen LogP contribution >= 0.6 is 11.8 Å². The predicted molar refractivity (Wildman–Crippen MR) is 84.9 cm³/mol. The number of rotatable bonds is 2. The molecule has 0 aliphatic carbocycles. The molecule has 1 aliphatic rings. The molecule has 3 nitrogen and oxygen atoms in total. The Hall–Kier alpha value is -1.26. The molecule has 4 heteroatoms. The highest BCUT2D eigenvalue weighted by Gasteiger charge is 2.29. The van der Waals surface area contributed by atoms with Crippen molar-refractivity contribution < 1.29 is 4.79 Å². The van der Waals surface area contributed by atoms with Gasteiger partial charge in [0, 0.05) is 30.5 Å². The first-order chi connectivity index (χ1) is 9.59. The number of fused-ring (bicyclic) bond motifs is 3. The molecule has 0 bridgehead atoms. The second-order valence-corrected chi connectivity index (χ2v) is 6.77. The first-order valence-corrected chi connectivity index (χ1v) is 8.00. The summed E-state index contributed by atoms with van der Waals surface area (Å²) < 4.78 is 1.90. The Kier molecular flexibility index (Phi) is 3.61. The third-order valence-electron chi connectivity index (χ3n) is 3.88. The first kappa shape index (κ1) is 13.7. The van der Waals surface area contributed by atoms with E-state index in [0.717, 1.165) is 22.8 Å². The van der Waals surface area contributed by atoms with E-state index in [1.54, 1.807) is 6.92 Å². The van der Waals surface area contributed by atoms with Gasteiger partial charge in [0.15, 0.2) is 0 Å². The highest BCUT2D eigenvalue weighted by atomic mass is 32.2. The lowest BCUT2D eigenvalue weighted by molar-refractivity contribution is 0.0932. The summed E-state index contributed by atoms with van der Waals surface area (Å²) in [5, 5.41) is 2.41. The van der Waals surface area contributed by atoms with Gasteiger partial charge in [-0.3, -0.25) is 9.36 Å². The molecule has 0 radical (unpaired) electrons. The van der Waals surface area contributed by atoms with E-state index in [0.29, 0.717) is 5.92 Å². The molecule has 0 saturated heterocycles. The Morgan fingerprint density at radius 2 is 2.15 bits per heavy atom. The van der Waals surface area contributed by atoms with Crippen molar-refractivity contribution in [3.05, 3.63) is 29.8 Å². The van der Waals surface area contributed by atoms with Crippen molar-refractivity contribution >= 4 is 28.6 Å². The van der Waals surface area contributed by atoms with Gasteiger partial charge in [-0.05, 0) is 32.1 Å². The van der Waals surface area contributed by atoms with E-state index in [4.69, 9.17) is 0 Å². The molecule has 1 unspecified atom stereocenters. The number of likely N-dealkylation sites (N-methyl/N-ethyl adjacent to an activating group) is 1. The van der Waals surface area contributed by atoms with Crippen molar-refractivity contribution in [2.24, 2.45) is 0 Å². The number of hydrogen-bond donors (Lipinski definition) is 0. The number of thioether (sulfide) groups is 1. The molecule has 1 aliphatic heterocycles. The number of carbonyl (C=O) groups excluding carboxylic acids is 1. The van der Waals surface area contributed by atoms with Crippen molar-refractivity contribution in [2.45, 2.75) is 24.3 Å². The largest absolute Gasteiger partial charge is 0.309 e. The number of benzene rings is 1. The van der Waals surface area contributed by atoms with E-state index in [1.165, 1.54) is 17.4 Å². The lowest BCUT2D eigenvalue weighted by Gasteiger charge is -2.26. The Balaban J connectivity index is 2.25. The lowest BCUT2D eigenvalue weighted by Crippen LogP contribution is -2.23. The smallest absolute Gasteiger partial charge is 0.228 e. The third kappa shape index (κ3) is 2.17. The molecule has 2 heterocycles. The molecule has 1 aromatic heterocycles. The molecule has 0 amide bonds. The van der Waals surface area contributed by atoms with Crippen molar-refractivity contribution in [1.29, 1.82) is 0 Å². The van der Waals surface area contributed by atoms with Crippen LogP contribution in [0.4, 0.5) is 0 Å². The molecule has 0 N–H and O–H groups in total. The van der Waals surface area contributed by atoms with Gasteiger partial charge in [0.1, 0.15) is 0 Å². The molecule has 1 aromatic carbocycles. The maximum absolute atomic E-state index is 12.1. The van der Waals surface area contributed by atoms with Crippen LogP contribution in [0.25, 0.3) is 10.9 Å². The Labute approximate surface area is 123 Å². The standard InChI is InChI=1S/C16H20N2OS/c1-11(19)18-14-7-5-4-6-13(14)15-12(10-17(2)3)8-9-20-16(15)18/h4-7,12H,8-10H2,1-3H3. The molecule has 3 rings (SSSR count). The fraction of sp³-hybridized carbons (Fsp3) is 0.438. The average molecular weight is 288 g/mol. The van der Waals surface area contributed by atoms with Gasteiger partial charge in [-0.15, -0.1) is 11.8 Å². The maximum Gasteiger partial charge on any atom is 0.228 e. The van der Waals surface area contributed by atoms with Crippen molar-refractivity contribution in [1.82, 2.24) is 9.47 Å². The molecule has 20 heavy (non-hydrogen) atoms. The molecular weight excluding hydrogens is 268 g/mol. The van der Waals surface area contributed by atoms with Gasteiger partial charge >= 0.3 is 0 Å². The average Bonchev–Trinajstić information content (AvgIpc) is 2.73. The summed E-state index contributed by atoms with van der Waals surface area (Å²) in [7, 11) is 4.23. The summed E-state index contributed by atoms with van der Waals surface area (Å²) in [6.07, 6.45) is 1.18. The quantitative estimate of drug-likeness (QED) is 0.846. The van der Waals surface area contributed by atoms with E-state index >= 15 is 0 Å². The van der Waals surface area contributed by atoms with Gasteiger partial charge < -0.3 is 4.90 Å². The highest BCUT2D eigenvalue weighted by molar-refractivity contribution is 7.99. The van der Waals surface area contributed by atoms with Crippen LogP contribution in [0.15, 0.2) is 29.3 Å². The van der Waals surface area contributed by atoms with Crippen LogP contribution in [0.2, 0.25) is 0 Å². The number of nitrogens with zero attached hydrogens (tertiary/aromatic N) is 2. The minimum atomic E-state index is 0.112. The second kappa shape index (κ2) is 5.26. The molecule has 106 valence electrons. The maximum atomic E-state index is 12.1. The van der Waals surface area contributed by atoms with Crippen LogP contribution in [-0.4, -0.2) is 41.8 Å². The van der Waals surface area contributed by atoms with Crippen molar-refractivity contribution in [2.75, 3.05) is 26.4 Å². The van der Waals surface area contributed by atoms with Crippen LogP contribution in [0.5, 0.6) is 0 Å². The van der Waals surface area contributed by atoms with E-state index in [-0.39, 0.29) is 5.91 Å².